The van der Waals surface area contributed by atoms with Crippen molar-refractivity contribution in [1.82, 2.24) is 10.2 Å². The number of amides is 2. The average molecular weight is 266 g/mol. The van der Waals surface area contributed by atoms with Crippen LogP contribution in [0.2, 0.25) is 0 Å². The number of rotatable bonds is 4. The molecule has 1 aliphatic heterocycles. The molecule has 1 aliphatic rings. The first-order valence-corrected chi connectivity index (χ1v) is 6.86. The van der Waals surface area contributed by atoms with E-state index in [1.807, 2.05) is 6.92 Å². The van der Waals surface area contributed by atoms with E-state index in [0.717, 1.165) is 25.7 Å². The molecule has 106 valence electrons. The van der Waals surface area contributed by atoms with Gasteiger partial charge in [-0.05, 0) is 19.3 Å². The van der Waals surface area contributed by atoms with Gasteiger partial charge in [0.05, 0.1) is 6.04 Å². The van der Waals surface area contributed by atoms with Crippen LogP contribution in [0, 0.1) is 12.3 Å². The second-order valence-corrected chi connectivity index (χ2v) is 4.85. The van der Waals surface area contributed by atoms with Gasteiger partial charge in [0.25, 0.3) is 0 Å². The number of hydrogen-bond acceptors (Lipinski definition) is 2. The van der Waals surface area contributed by atoms with Crippen LogP contribution in [0.15, 0.2) is 0 Å². The van der Waals surface area contributed by atoms with Gasteiger partial charge in [0.15, 0.2) is 0 Å². The van der Waals surface area contributed by atoms with E-state index in [4.69, 9.17) is 6.42 Å². The van der Waals surface area contributed by atoms with Crippen LogP contribution >= 0.6 is 0 Å². The predicted octanol–water partition coefficient (Wildman–Crippen LogP) is 1.83. The second kappa shape index (κ2) is 7.67. The second-order valence-electron chi connectivity index (χ2n) is 4.85. The van der Waals surface area contributed by atoms with Crippen molar-refractivity contribution in [2.45, 2.75) is 57.5 Å². The molecule has 2 N–H and O–H groups in total. The predicted molar refractivity (Wildman–Crippen MR) is 72.7 cm³/mol. The summed E-state index contributed by atoms with van der Waals surface area (Å²) in [5.41, 5.74) is 0. The zero-order chi connectivity index (χ0) is 14.3. The summed E-state index contributed by atoms with van der Waals surface area (Å²) in [5, 5.41) is 12.0. The molecule has 1 saturated heterocycles. The van der Waals surface area contributed by atoms with Crippen LogP contribution in [0.4, 0.5) is 4.79 Å². The van der Waals surface area contributed by atoms with E-state index in [1.54, 1.807) is 0 Å². The van der Waals surface area contributed by atoms with Crippen molar-refractivity contribution < 1.29 is 14.7 Å². The molecule has 1 rings (SSSR count). The zero-order valence-corrected chi connectivity index (χ0v) is 11.4. The summed E-state index contributed by atoms with van der Waals surface area (Å²) in [6.07, 6.45) is 10.1. The van der Waals surface area contributed by atoms with Crippen molar-refractivity contribution in [3.05, 3.63) is 0 Å². The molecule has 0 bridgehead atoms. The molecule has 5 nitrogen and oxygen atoms in total. The van der Waals surface area contributed by atoms with E-state index < -0.39 is 12.0 Å². The van der Waals surface area contributed by atoms with Crippen LogP contribution in [0.1, 0.15) is 45.4 Å². The molecule has 0 saturated carbocycles. The van der Waals surface area contributed by atoms with Crippen LogP contribution in [-0.4, -0.2) is 40.6 Å². The summed E-state index contributed by atoms with van der Waals surface area (Å²) in [6.45, 7) is 2.47. The summed E-state index contributed by atoms with van der Waals surface area (Å²) in [7, 11) is 0. The normalized spacial score (nSPS) is 21.1. The molecule has 0 aromatic carbocycles. The Morgan fingerprint density at radius 1 is 1.47 bits per heavy atom. The number of urea groups is 1. The van der Waals surface area contributed by atoms with Crippen molar-refractivity contribution in [3.8, 4) is 12.3 Å². The lowest BCUT2D eigenvalue weighted by Crippen LogP contribution is -2.51. The first kappa shape index (κ1) is 15.4. The van der Waals surface area contributed by atoms with E-state index in [1.165, 1.54) is 4.90 Å². The average Bonchev–Trinajstić information content (AvgIpc) is 2.63. The number of terminal acetylenes is 1. The summed E-state index contributed by atoms with van der Waals surface area (Å²) in [5.74, 6) is 1.59. The molecule has 0 aromatic heterocycles. The highest BCUT2D eigenvalue weighted by Crippen LogP contribution is 2.17. The van der Waals surface area contributed by atoms with Crippen molar-refractivity contribution >= 4 is 12.0 Å². The van der Waals surface area contributed by atoms with Gasteiger partial charge in [-0.15, -0.1) is 6.42 Å². The highest BCUT2D eigenvalue weighted by atomic mass is 16.4. The zero-order valence-electron chi connectivity index (χ0n) is 11.4. The number of nitrogens with zero attached hydrogens (tertiary/aromatic N) is 1. The SMILES string of the molecule is C#CC(CCC)NC(=O)N1CCCCCC1C(=O)O. The van der Waals surface area contributed by atoms with Gasteiger partial charge >= 0.3 is 12.0 Å². The lowest BCUT2D eigenvalue weighted by molar-refractivity contribution is -0.142. The minimum atomic E-state index is -0.940. The molecular formula is C14H22N2O3. The fraction of sp³-hybridized carbons (Fsp3) is 0.714. The molecule has 1 fully saturated rings. The smallest absolute Gasteiger partial charge is 0.326 e. The number of hydrogen-bond donors (Lipinski definition) is 2. The largest absolute Gasteiger partial charge is 0.480 e. The number of aliphatic carboxylic acids is 1. The Hall–Kier alpha value is -1.70. The topological polar surface area (TPSA) is 69.6 Å². The monoisotopic (exact) mass is 266 g/mol. The minimum absolute atomic E-state index is 0.324. The Balaban J connectivity index is 2.70. The third-order valence-corrected chi connectivity index (χ3v) is 3.37. The van der Waals surface area contributed by atoms with Crippen molar-refractivity contribution in [3.63, 3.8) is 0 Å². The Morgan fingerprint density at radius 2 is 2.21 bits per heavy atom. The third kappa shape index (κ3) is 4.47. The van der Waals surface area contributed by atoms with Gasteiger partial charge in [-0.1, -0.05) is 32.1 Å². The van der Waals surface area contributed by atoms with E-state index in [2.05, 4.69) is 11.2 Å². The van der Waals surface area contributed by atoms with Gasteiger partial charge in [-0.2, -0.15) is 0 Å². The van der Waals surface area contributed by atoms with Gasteiger partial charge in [0, 0.05) is 6.54 Å². The standard InChI is InChI=1S/C14H22N2O3/c1-3-8-11(4-2)15-14(19)16-10-7-5-6-9-12(16)13(17)18/h2,11-12H,3,5-10H2,1H3,(H,15,19)(H,17,18). The molecule has 2 unspecified atom stereocenters. The first-order valence-electron chi connectivity index (χ1n) is 6.86. The quantitative estimate of drug-likeness (QED) is 0.763. The summed E-state index contributed by atoms with van der Waals surface area (Å²) < 4.78 is 0. The Bertz CT molecular complexity index is 362. The van der Waals surface area contributed by atoms with Crippen LogP contribution in [0.5, 0.6) is 0 Å². The highest BCUT2D eigenvalue weighted by molar-refractivity contribution is 5.83. The van der Waals surface area contributed by atoms with Crippen LogP contribution in [0.25, 0.3) is 0 Å². The minimum Gasteiger partial charge on any atom is -0.480 e. The van der Waals surface area contributed by atoms with Gasteiger partial charge in [-0.3, -0.25) is 0 Å². The number of likely N-dealkylation sites (tertiary alicyclic amines) is 1. The molecule has 0 aliphatic carbocycles. The van der Waals surface area contributed by atoms with E-state index in [9.17, 15) is 14.7 Å². The molecule has 19 heavy (non-hydrogen) atoms. The molecule has 0 radical (unpaired) electrons. The molecule has 2 atom stereocenters. The van der Waals surface area contributed by atoms with E-state index in [0.29, 0.717) is 19.4 Å². The fourth-order valence-electron chi connectivity index (χ4n) is 2.33. The van der Waals surface area contributed by atoms with Gasteiger partial charge in [0.1, 0.15) is 6.04 Å². The maximum absolute atomic E-state index is 12.2. The Labute approximate surface area is 114 Å². The molecular weight excluding hydrogens is 244 g/mol. The van der Waals surface area contributed by atoms with Crippen LogP contribution < -0.4 is 5.32 Å². The molecule has 0 spiro atoms. The van der Waals surface area contributed by atoms with Crippen molar-refractivity contribution in [1.29, 1.82) is 0 Å². The number of carboxylic acids is 1. The summed E-state index contributed by atoms with van der Waals surface area (Å²) in [6, 6.07) is -1.41. The van der Waals surface area contributed by atoms with Crippen molar-refractivity contribution in [2.24, 2.45) is 0 Å². The van der Waals surface area contributed by atoms with E-state index in [-0.39, 0.29) is 12.1 Å². The van der Waals surface area contributed by atoms with Gasteiger partial charge < -0.3 is 15.3 Å². The third-order valence-electron chi connectivity index (χ3n) is 3.37. The molecule has 5 heteroatoms. The maximum Gasteiger partial charge on any atom is 0.326 e. The van der Waals surface area contributed by atoms with Crippen LogP contribution in [-0.2, 0) is 4.79 Å². The number of carboxylic acid groups (broad SMARTS) is 1. The van der Waals surface area contributed by atoms with Gasteiger partial charge in [0.2, 0.25) is 0 Å². The number of carbonyl (C=O) groups excluding carboxylic acids is 1. The summed E-state index contributed by atoms with van der Waals surface area (Å²) in [4.78, 5) is 24.8. The Morgan fingerprint density at radius 3 is 2.79 bits per heavy atom. The number of carbonyl (C=O) groups is 2. The van der Waals surface area contributed by atoms with Crippen molar-refractivity contribution in [2.75, 3.05) is 6.54 Å². The van der Waals surface area contributed by atoms with E-state index >= 15 is 0 Å². The fourth-order valence-corrected chi connectivity index (χ4v) is 2.33. The van der Waals surface area contributed by atoms with Gasteiger partial charge in [-0.25, -0.2) is 9.59 Å². The lowest BCUT2D eigenvalue weighted by atomic mass is 10.1. The molecule has 0 aromatic rings. The first-order chi connectivity index (χ1) is 9.10. The lowest BCUT2D eigenvalue weighted by Gasteiger charge is -2.28. The number of nitrogens with one attached hydrogen (secondary N) is 1. The Kier molecular flexibility index (Phi) is 6.20. The molecule has 1 heterocycles. The van der Waals surface area contributed by atoms with Crippen LogP contribution in [0.3, 0.4) is 0 Å². The summed E-state index contributed by atoms with van der Waals surface area (Å²) >= 11 is 0. The molecule has 2 amide bonds. The maximum atomic E-state index is 12.2. The highest BCUT2D eigenvalue weighted by Gasteiger charge is 2.31.